The average Bonchev–Trinajstić information content (AvgIpc) is 2.68. The standard InChI is InChI=1S/C22H19N2O4P/c23-19-12-15-7-1-2-8-16(15)13-20(19)24-22(25)21(29(26,27)28)18-11-5-9-14-6-3-4-10-17(14)18/h1-13,21H,23H2,(H,24,25)(H2,26,27,28). The van der Waals surface area contributed by atoms with Gasteiger partial charge in [0.25, 0.3) is 0 Å². The van der Waals surface area contributed by atoms with Gasteiger partial charge in [-0.05, 0) is 39.2 Å². The van der Waals surface area contributed by atoms with Gasteiger partial charge in [0, 0.05) is 0 Å². The highest BCUT2D eigenvalue weighted by molar-refractivity contribution is 7.53. The molecule has 1 unspecified atom stereocenters. The van der Waals surface area contributed by atoms with E-state index in [-0.39, 0.29) is 5.56 Å². The van der Waals surface area contributed by atoms with E-state index in [1.54, 1.807) is 36.4 Å². The van der Waals surface area contributed by atoms with E-state index in [9.17, 15) is 19.1 Å². The number of benzene rings is 4. The average molecular weight is 406 g/mol. The Morgan fingerprint density at radius 1 is 0.862 bits per heavy atom. The number of carbonyl (C=O) groups excluding carboxylic acids is 1. The van der Waals surface area contributed by atoms with E-state index < -0.39 is 19.2 Å². The van der Waals surface area contributed by atoms with Crippen molar-refractivity contribution in [3.63, 3.8) is 0 Å². The van der Waals surface area contributed by atoms with Crippen LogP contribution in [0.5, 0.6) is 0 Å². The highest BCUT2D eigenvalue weighted by atomic mass is 31.2. The molecule has 0 spiro atoms. The predicted octanol–water partition coefficient (Wildman–Crippen LogP) is 4.43. The van der Waals surface area contributed by atoms with Crippen molar-refractivity contribution in [3.05, 3.63) is 84.4 Å². The zero-order valence-corrected chi connectivity index (χ0v) is 16.2. The number of amides is 1. The zero-order valence-electron chi connectivity index (χ0n) is 15.3. The second-order valence-corrected chi connectivity index (χ2v) is 8.53. The van der Waals surface area contributed by atoms with Crippen molar-refractivity contribution in [2.45, 2.75) is 5.66 Å². The summed E-state index contributed by atoms with van der Waals surface area (Å²) in [6.07, 6.45) is 0. The monoisotopic (exact) mass is 406 g/mol. The molecule has 0 aromatic heterocycles. The number of fused-ring (bicyclic) bond motifs is 2. The van der Waals surface area contributed by atoms with Crippen LogP contribution in [-0.2, 0) is 9.36 Å². The topological polar surface area (TPSA) is 113 Å². The molecular weight excluding hydrogens is 387 g/mol. The van der Waals surface area contributed by atoms with Gasteiger partial charge in [0.15, 0.2) is 5.66 Å². The molecule has 4 aromatic rings. The molecule has 0 saturated carbocycles. The van der Waals surface area contributed by atoms with Gasteiger partial charge in [-0.15, -0.1) is 0 Å². The summed E-state index contributed by atoms with van der Waals surface area (Å²) in [5, 5.41) is 5.79. The molecule has 0 radical (unpaired) electrons. The van der Waals surface area contributed by atoms with Crippen LogP contribution in [0.4, 0.5) is 11.4 Å². The Kier molecular flexibility index (Phi) is 4.84. The SMILES string of the molecule is Nc1cc2ccccc2cc1NC(=O)C(c1cccc2ccccc12)P(=O)(O)O. The van der Waals surface area contributed by atoms with Crippen molar-refractivity contribution in [2.24, 2.45) is 0 Å². The first-order chi connectivity index (χ1) is 13.8. The Morgan fingerprint density at radius 3 is 2.14 bits per heavy atom. The van der Waals surface area contributed by atoms with E-state index in [0.717, 1.165) is 16.2 Å². The quantitative estimate of drug-likeness (QED) is 0.296. The second kappa shape index (κ2) is 7.33. The first kappa shape index (κ1) is 19.2. The zero-order chi connectivity index (χ0) is 20.6. The summed E-state index contributed by atoms with van der Waals surface area (Å²) in [6.45, 7) is 0. The number of nitrogens with one attached hydrogen (secondary N) is 1. The summed E-state index contributed by atoms with van der Waals surface area (Å²) in [5.74, 6) is -0.809. The number of hydrogen-bond acceptors (Lipinski definition) is 3. The van der Waals surface area contributed by atoms with Crippen molar-refractivity contribution in [2.75, 3.05) is 11.1 Å². The van der Waals surface area contributed by atoms with Crippen LogP contribution in [0.1, 0.15) is 11.2 Å². The van der Waals surface area contributed by atoms with Crippen LogP contribution in [0, 0.1) is 0 Å². The predicted molar refractivity (Wildman–Crippen MR) is 116 cm³/mol. The van der Waals surface area contributed by atoms with Gasteiger partial charge in [0.05, 0.1) is 11.4 Å². The lowest BCUT2D eigenvalue weighted by molar-refractivity contribution is -0.116. The lowest BCUT2D eigenvalue weighted by atomic mass is 10.0. The lowest BCUT2D eigenvalue weighted by Crippen LogP contribution is -2.22. The van der Waals surface area contributed by atoms with Crippen LogP contribution in [0.3, 0.4) is 0 Å². The van der Waals surface area contributed by atoms with Gasteiger partial charge in [-0.2, -0.15) is 0 Å². The van der Waals surface area contributed by atoms with Crippen molar-refractivity contribution >= 4 is 46.4 Å². The maximum absolute atomic E-state index is 13.0. The molecule has 146 valence electrons. The first-order valence-corrected chi connectivity index (χ1v) is 10.6. The Hall–Kier alpha value is -3.18. The molecule has 7 heteroatoms. The molecule has 0 aliphatic carbocycles. The van der Waals surface area contributed by atoms with E-state index in [2.05, 4.69) is 5.32 Å². The van der Waals surface area contributed by atoms with E-state index in [1.807, 2.05) is 42.5 Å². The van der Waals surface area contributed by atoms with E-state index in [1.165, 1.54) is 0 Å². The van der Waals surface area contributed by atoms with Crippen LogP contribution in [0.15, 0.2) is 78.9 Å². The summed E-state index contributed by atoms with van der Waals surface area (Å²) < 4.78 is 12.3. The molecule has 0 saturated heterocycles. The number of rotatable bonds is 4. The highest BCUT2D eigenvalue weighted by Crippen LogP contribution is 2.53. The smallest absolute Gasteiger partial charge is 0.342 e. The lowest BCUT2D eigenvalue weighted by Gasteiger charge is -2.21. The third-order valence-electron chi connectivity index (χ3n) is 4.88. The van der Waals surface area contributed by atoms with Crippen LogP contribution in [0.2, 0.25) is 0 Å². The van der Waals surface area contributed by atoms with E-state index in [0.29, 0.717) is 16.8 Å². The Morgan fingerprint density at radius 2 is 1.45 bits per heavy atom. The summed E-state index contributed by atoms with van der Waals surface area (Å²) in [7, 11) is -4.81. The van der Waals surface area contributed by atoms with Gasteiger partial charge >= 0.3 is 7.60 Å². The Bertz CT molecular complexity index is 1280. The molecular formula is C22H19N2O4P. The molecule has 6 nitrogen and oxygen atoms in total. The van der Waals surface area contributed by atoms with Crippen molar-refractivity contribution in [1.29, 1.82) is 0 Å². The molecule has 0 fully saturated rings. The third kappa shape index (κ3) is 3.74. The van der Waals surface area contributed by atoms with Gasteiger partial charge in [0.2, 0.25) is 5.91 Å². The number of anilines is 2. The normalized spacial score (nSPS) is 12.8. The van der Waals surface area contributed by atoms with Gasteiger partial charge < -0.3 is 20.8 Å². The van der Waals surface area contributed by atoms with Gasteiger partial charge in [-0.1, -0.05) is 66.7 Å². The Balaban J connectivity index is 1.78. The Labute approximate surface area is 167 Å². The molecule has 1 atom stereocenters. The fraction of sp³-hybridized carbons (Fsp3) is 0.0455. The maximum Gasteiger partial charge on any atom is 0.342 e. The van der Waals surface area contributed by atoms with Gasteiger partial charge in [-0.3, -0.25) is 9.36 Å². The number of nitrogen functional groups attached to an aromatic ring is 1. The molecule has 29 heavy (non-hydrogen) atoms. The highest BCUT2D eigenvalue weighted by Gasteiger charge is 2.38. The summed E-state index contributed by atoms with van der Waals surface area (Å²) >= 11 is 0. The summed E-state index contributed by atoms with van der Waals surface area (Å²) in [6, 6.07) is 23.2. The minimum atomic E-state index is -4.81. The number of nitrogens with two attached hydrogens (primary N) is 1. The minimum Gasteiger partial charge on any atom is -0.397 e. The molecule has 0 aliphatic heterocycles. The van der Waals surface area contributed by atoms with Crippen molar-refractivity contribution in [1.82, 2.24) is 0 Å². The van der Waals surface area contributed by atoms with E-state index in [4.69, 9.17) is 5.73 Å². The number of hydrogen-bond donors (Lipinski definition) is 4. The minimum absolute atomic E-state index is 0.272. The molecule has 4 rings (SSSR count). The summed E-state index contributed by atoms with van der Waals surface area (Å²) in [5.41, 5.74) is 5.31. The van der Waals surface area contributed by atoms with Gasteiger partial charge in [0.1, 0.15) is 0 Å². The molecule has 0 heterocycles. The van der Waals surface area contributed by atoms with Crippen LogP contribution < -0.4 is 11.1 Å². The van der Waals surface area contributed by atoms with Gasteiger partial charge in [-0.25, -0.2) is 0 Å². The molecule has 4 aromatic carbocycles. The van der Waals surface area contributed by atoms with Crippen molar-refractivity contribution < 1.29 is 19.1 Å². The molecule has 5 N–H and O–H groups in total. The number of carbonyl (C=O) groups is 1. The summed E-state index contributed by atoms with van der Waals surface area (Å²) in [4.78, 5) is 33.0. The maximum atomic E-state index is 13.0. The molecule has 0 aliphatic rings. The third-order valence-corrected chi connectivity index (χ3v) is 6.06. The van der Waals surface area contributed by atoms with Crippen molar-refractivity contribution in [3.8, 4) is 0 Å². The van der Waals surface area contributed by atoms with Crippen LogP contribution in [-0.4, -0.2) is 15.7 Å². The fourth-order valence-corrected chi connectivity index (χ4v) is 4.49. The molecule has 1 amide bonds. The fourth-order valence-electron chi connectivity index (χ4n) is 3.53. The second-order valence-electron chi connectivity index (χ2n) is 6.84. The first-order valence-electron chi connectivity index (χ1n) is 8.96. The molecule has 0 bridgehead atoms. The van der Waals surface area contributed by atoms with E-state index >= 15 is 0 Å². The largest absolute Gasteiger partial charge is 0.397 e. The van der Waals surface area contributed by atoms with Crippen LogP contribution in [0.25, 0.3) is 21.5 Å². The van der Waals surface area contributed by atoms with Crippen LogP contribution >= 0.6 is 7.60 Å².